The molecule has 6 aromatic rings. The monoisotopic (exact) mass is 470 g/mol. The van der Waals surface area contributed by atoms with Crippen LogP contribution in [0.25, 0.3) is 55.9 Å². The molecule has 0 saturated carbocycles. The van der Waals surface area contributed by atoms with E-state index in [1.807, 2.05) is 47.2 Å². The van der Waals surface area contributed by atoms with E-state index in [4.69, 9.17) is 19.1 Å². The lowest BCUT2D eigenvalue weighted by molar-refractivity contribution is 0.0932. The number of ether oxygens (including phenoxy) is 1. The largest absolute Gasteiger partial charge is 0.434 e. The highest BCUT2D eigenvalue weighted by Gasteiger charge is 2.19. The van der Waals surface area contributed by atoms with Gasteiger partial charge in [-0.15, -0.1) is 0 Å². The summed E-state index contributed by atoms with van der Waals surface area (Å²) in [5.41, 5.74) is 6.55. The van der Waals surface area contributed by atoms with Gasteiger partial charge in [-0.2, -0.15) is 5.10 Å². The van der Waals surface area contributed by atoms with Crippen LogP contribution in [0.4, 0.5) is 0 Å². The number of nitrogens with zero attached hydrogens (tertiary/aromatic N) is 4. The summed E-state index contributed by atoms with van der Waals surface area (Å²) in [5, 5.41) is 8.23. The molecule has 7 nitrogen and oxygen atoms in total. The van der Waals surface area contributed by atoms with E-state index < -0.39 is 0 Å². The Morgan fingerprint density at radius 1 is 0.971 bits per heavy atom. The first-order chi connectivity index (χ1) is 16.7. The molecule has 1 N–H and O–H groups in total. The van der Waals surface area contributed by atoms with E-state index in [0.717, 1.165) is 49.9 Å². The third-order valence-corrected chi connectivity index (χ3v) is 6.85. The van der Waals surface area contributed by atoms with Crippen molar-refractivity contribution >= 4 is 43.9 Å². The molecule has 3 aromatic carbocycles. The van der Waals surface area contributed by atoms with E-state index in [-0.39, 0.29) is 0 Å². The van der Waals surface area contributed by atoms with Crippen LogP contribution in [-0.2, 0) is 22.4 Å². The zero-order chi connectivity index (χ0) is 23.1. The van der Waals surface area contributed by atoms with Crippen LogP contribution in [0.15, 0.2) is 71.3 Å². The van der Waals surface area contributed by atoms with Gasteiger partial charge in [-0.05, 0) is 52.4 Å². The maximum atomic E-state index is 6.23. The third-order valence-electron chi connectivity index (χ3n) is 5.87. The Morgan fingerprint density at radius 2 is 1.82 bits per heavy atom. The molecule has 3 heterocycles. The molecule has 3 aromatic heterocycles. The van der Waals surface area contributed by atoms with Crippen molar-refractivity contribution in [3.8, 4) is 22.8 Å². The predicted octanol–water partition coefficient (Wildman–Crippen LogP) is 5.24. The fourth-order valence-electron chi connectivity index (χ4n) is 4.07. The molecule has 0 amide bonds. The number of fused-ring (bicyclic) bond motifs is 3. The van der Waals surface area contributed by atoms with Crippen molar-refractivity contribution in [1.82, 2.24) is 24.7 Å². The van der Waals surface area contributed by atoms with Gasteiger partial charge in [0, 0.05) is 5.39 Å². The van der Waals surface area contributed by atoms with Crippen LogP contribution >= 0.6 is 0 Å². The van der Waals surface area contributed by atoms with Crippen LogP contribution in [0.3, 0.4) is 0 Å². The topological polar surface area (TPSA) is 81.8 Å². The Kier molecular flexibility index (Phi) is 5.31. The third kappa shape index (κ3) is 3.85. The molecule has 170 valence electrons. The molecule has 0 fully saturated rings. The summed E-state index contributed by atoms with van der Waals surface area (Å²) in [6.45, 7) is 1.11. The maximum absolute atomic E-state index is 6.23. The van der Waals surface area contributed by atoms with Gasteiger partial charge in [0.15, 0.2) is 11.4 Å². The van der Waals surface area contributed by atoms with E-state index in [0.29, 0.717) is 35.9 Å². The molecule has 0 aliphatic carbocycles. The zero-order valence-electron chi connectivity index (χ0n) is 19.0. The molecule has 6 rings (SSSR count). The minimum absolute atomic E-state index is 0.347. The van der Waals surface area contributed by atoms with Crippen LogP contribution in [0, 0.1) is 0 Å². The predicted molar refractivity (Wildman–Crippen MR) is 138 cm³/mol. The number of aromatic nitrogens is 5. The highest BCUT2D eigenvalue weighted by atomic mass is 32.2. The lowest BCUT2D eigenvalue weighted by Gasteiger charge is -2.08. The minimum atomic E-state index is 0.347. The Hall–Kier alpha value is -3.62. The van der Waals surface area contributed by atoms with E-state index in [1.165, 1.54) is 0 Å². The van der Waals surface area contributed by atoms with Gasteiger partial charge in [-0.25, -0.2) is 9.97 Å². The first-order valence-electron chi connectivity index (χ1n) is 11.1. The van der Waals surface area contributed by atoms with Crippen LogP contribution in [0.1, 0.15) is 0 Å². The number of H-pyrrole nitrogens is 1. The Bertz CT molecular complexity index is 1610. The lowest BCUT2D eigenvalue weighted by Crippen LogP contribution is -2.12. The standard InChI is InChI=1S/C26H24N5O2S/c1-34(2)12-11-32-16-31-23-6-4-3-5-20(23)28-25(31)26-29-21-10-9-18(14-24(21)33-26)17-7-8-19-15-27-30-22(19)13-17/h3-10,13-15H,11-12,16H2,1-2H3,(H,27,30)/q+1. The zero-order valence-corrected chi connectivity index (χ0v) is 19.8. The van der Waals surface area contributed by atoms with Crippen molar-refractivity contribution < 1.29 is 9.15 Å². The highest BCUT2D eigenvalue weighted by molar-refractivity contribution is 7.95. The molecule has 0 spiro atoms. The fourth-order valence-corrected chi connectivity index (χ4v) is 4.52. The van der Waals surface area contributed by atoms with E-state index >= 15 is 0 Å². The van der Waals surface area contributed by atoms with Crippen molar-refractivity contribution in [3.63, 3.8) is 0 Å². The quantitative estimate of drug-likeness (QED) is 0.255. The molecule has 0 aliphatic heterocycles. The van der Waals surface area contributed by atoms with Gasteiger partial charge < -0.3 is 9.15 Å². The average molecular weight is 471 g/mol. The van der Waals surface area contributed by atoms with Crippen molar-refractivity contribution in [3.05, 3.63) is 66.9 Å². The minimum Gasteiger partial charge on any atom is -0.434 e. The molecule has 0 unspecified atom stereocenters. The van der Waals surface area contributed by atoms with Crippen LogP contribution < -0.4 is 0 Å². The number of benzene rings is 3. The summed E-state index contributed by atoms with van der Waals surface area (Å²) in [5.74, 6) is 2.20. The normalized spacial score (nSPS) is 12.0. The molecule has 0 radical (unpaired) electrons. The van der Waals surface area contributed by atoms with Crippen molar-refractivity contribution in [1.29, 1.82) is 0 Å². The van der Waals surface area contributed by atoms with Gasteiger partial charge in [0.25, 0.3) is 5.89 Å². The van der Waals surface area contributed by atoms with Crippen LogP contribution in [0.2, 0.25) is 0 Å². The average Bonchev–Trinajstić information content (AvgIpc) is 3.57. The van der Waals surface area contributed by atoms with Crippen molar-refractivity contribution in [2.24, 2.45) is 0 Å². The number of para-hydroxylation sites is 2. The van der Waals surface area contributed by atoms with Gasteiger partial charge >= 0.3 is 0 Å². The van der Waals surface area contributed by atoms with E-state index in [1.54, 1.807) is 0 Å². The number of rotatable bonds is 7. The smallest absolute Gasteiger partial charge is 0.264 e. The first kappa shape index (κ1) is 20.9. The fraction of sp³-hybridized carbons (Fsp3) is 0.192. The maximum Gasteiger partial charge on any atom is 0.264 e. The second kappa shape index (κ2) is 8.62. The first-order valence-corrected chi connectivity index (χ1v) is 13.3. The van der Waals surface area contributed by atoms with Gasteiger partial charge in [0.05, 0.1) is 41.9 Å². The number of imidazole rings is 1. The number of hydrogen-bond donors (Lipinski definition) is 1. The second-order valence-corrected chi connectivity index (χ2v) is 10.8. The summed E-state index contributed by atoms with van der Waals surface area (Å²) in [6, 6.07) is 20.4. The van der Waals surface area contributed by atoms with Crippen molar-refractivity contribution in [2.75, 3.05) is 24.9 Å². The summed E-state index contributed by atoms with van der Waals surface area (Å²) in [7, 11) is 0.347. The molecule has 0 bridgehead atoms. The molecule has 34 heavy (non-hydrogen) atoms. The summed E-state index contributed by atoms with van der Waals surface area (Å²) in [6.07, 6.45) is 6.27. The molecule has 0 atom stereocenters. The van der Waals surface area contributed by atoms with Gasteiger partial charge in [0.1, 0.15) is 18.0 Å². The Balaban J connectivity index is 1.37. The summed E-state index contributed by atoms with van der Waals surface area (Å²) in [4.78, 5) is 9.57. The summed E-state index contributed by atoms with van der Waals surface area (Å²) >= 11 is 0. The van der Waals surface area contributed by atoms with E-state index in [2.05, 4.69) is 47.0 Å². The van der Waals surface area contributed by atoms with Crippen molar-refractivity contribution in [2.45, 2.75) is 6.73 Å². The highest BCUT2D eigenvalue weighted by Crippen LogP contribution is 2.31. The SMILES string of the molecule is C[S+](C)CCOCn1c(-c2nc3ccc(-c4ccc5cn[nH]c5c4)cc3o2)nc2ccccc21. The number of nitrogens with one attached hydrogen (secondary N) is 1. The number of oxazole rings is 1. The summed E-state index contributed by atoms with van der Waals surface area (Å²) < 4.78 is 14.3. The molecule has 0 saturated heterocycles. The van der Waals surface area contributed by atoms with Gasteiger partial charge in [0.2, 0.25) is 0 Å². The molecular weight excluding hydrogens is 446 g/mol. The van der Waals surface area contributed by atoms with Gasteiger partial charge in [-0.3, -0.25) is 9.67 Å². The Morgan fingerprint density at radius 3 is 2.74 bits per heavy atom. The molecular formula is C26H24N5O2S+. The number of aromatic amines is 1. The lowest BCUT2D eigenvalue weighted by atomic mass is 10.0. The molecule has 8 heteroatoms. The van der Waals surface area contributed by atoms with E-state index in [9.17, 15) is 0 Å². The number of hydrogen-bond acceptors (Lipinski definition) is 5. The van der Waals surface area contributed by atoms with Crippen LogP contribution in [0.5, 0.6) is 0 Å². The Labute approximate surface area is 199 Å². The van der Waals surface area contributed by atoms with Gasteiger partial charge in [-0.1, -0.05) is 30.3 Å². The molecule has 0 aliphatic rings. The van der Waals surface area contributed by atoms with Crippen LogP contribution in [-0.4, -0.2) is 49.6 Å². The second-order valence-electron chi connectivity index (χ2n) is 8.45.